The van der Waals surface area contributed by atoms with Gasteiger partial charge in [0.1, 0.15) is 18.2 Å². The fraction of sp³-hybridized carbons (Fsp3) is 0.875. The number of rotatable bonds is 2. The number of carbonyl (C=O) groups is 1. The summed E-state index contributed by atoms with van der Waals surface area (Å²) in [4.78, 5) is 11.0. The maximum Gasteiger partial charge on any atom is 0.220 e. The van der Waals surface area contributed by atoms with Gasteiger partial charge in [-0.05, 0) is 0 Å². The van der Waals surface area contributed by atoms with Crippen LogP contribution in [-0.2, 0) is 9.53 Å². The smallest absolute Gasteiger partial charge is 0.220 e. The molecule has 4 N–H and O–H groups in total. The molecule has 0 aromatic carbocycles. The van der Waals surface area contributed by atoms with E-state index in [0.717, 1.165) is 0 Å². The molecule has 1 aliphatic heterocycles. The molecule has 14 heavy (non-hydrogen) atoms. The van der Waals surface area contributed by atoms with E-state index in [2.05, 4.69) is 5.32 Å². The molecule has 4 atom stereocenters. The van der Waals surface area contributed by atoms with E-state index in [-0.39, 0.29) is 18.9 Å². The molecule has 1 aliphatic rings. The lowest BCUT2D eigenvalue weighted by molar-refractivity contribution is -0.212. The highest BCUT2D eigenvalue weighted by molar-refractivity contribution is 5.75. The lowest BCUT2D eigenvalue weighted by atomic mass is 10.0. The van der Waals surface area contributed by atoms with Gasteiger partial charge in [0, 0.05) is 6.42 Å². The van der Waals surface area contributed by atoms with E-state index in [1.807, 2.05) is 0 Å². The zero-order valence-electron chi connectivity index (χ0n) is 7.88. The molecule has 0 aliphatic carbocycles. The van der Waals surface area contributed by atoms with Gasteiger partial charge in [0.05, 0.1) is 6.61 Å². The average molecular weight is 205 g/mol. The summed E-state index contributed by atoms with van der Waals surface area (Å²) in [5, 5.41) is 30.3. The summed E-state index contributed by atoms with van der Waals surface area (Å²) in [5.41, 5.74) is 0. The van der Waals surface area contributed by atoms with Gasteiger partial charge in [0.2, 0.25) is 5.91 Å². The first kappa shape index (κ1) is 11.4. The maximum absolute atomic E-state index is 11.0. The highest BCUT2D eigenvalue weighted by Gasteiger charge is 2.38. The number of ether oxygens (including phenoxy) is 1. The molecule has 0 aromatic heterocycles. The third-order valence-corrected chi connectivity index (χ3v) is 2.16. The minimum atomic E-state index is -1.27. The summed E-state index contributed by atoms with van der Waals surface area (Å²) in [6, 6.07) is -0.966. The first-order chi connectivity index (χ1) is 6.56. The van der Waals surface area contributed by atoms with E-state index in [4.69, 9.17) is 4.74 Å². The van der Waals surface area contributed by atoms with Crippen LogP contribution in [0.3, 0.4) is 0 Å². The Kier molecular flexibility index (Phi) is 3.82. The predicted octanol–water partition coefficient (Wildman–Crippen LogP) is -2.05. The van der Waals surface area contributed by atoms with Crippen LogP contribution in [0.25, 0.3) is 0 Å². The van der Waals surface area contributed by atoms with E-state index in [1.165, 1.54) is 0 Å². The van der Waals surface area contributed by atoms with Crippen molar-refractivity contribution in [3.8, 4) is 0 Å². The van der Waals surface area contributed by atoms with Crippen molar-refractivity contribution in [2.75, 3.05) is 6.61 Å². The van der Waals surface area contributed by atoms with E-state index in [0.29, 0.717) is 0 Å². The second-order valence-corrected chi connectivity index (χ2v) is 3.23. The van der Waals surface area contributed by atoms with Crippen molar-refractivity contribution in [2.45, 2.75) is 37.9 Å². The van der Waals surface area contributed by atoms with Crippen molar-refractivity contribution in [3.05, 3.63) is 0 Å². The Hall–Kier alpha value is -0.690. The largest absolute Gasteiger partial charge is 0.388 e. The highest BCUT2D eigenvalue weighted by Crippen LogP contribution is 2.13. The number of hydrogen-bond donors (Lipinski definition) is 4. The molecule has 1 rings (SSSR count). The number of amides is 1. The van der Waals surface area contributed by atoms with Crippen molar-refractivity contribution in [1.29, 1.82) is 0 Å². The fourth-order valence-electron chi connectivity index (χ4n) is 1.25. The Bertz CT molecular complexity index is 210. The maximum atomic E-state index is 11.0. The third-order valence-electron chi connectivity index (χ3n) is 2.16. The van der Waals surface area contributed by atoms with Crippen LogP contribution in [0.5, 0.6) is 0 Å². The van der Waals surface area contributed by atoms with E-state index in [1.54, 1.807) is 6.92 Å². The zero-order chi connectivity index (χ0) is 10.7. The van der Waals surface area contributed by atoms with Crippen LogP contribution in [0.4, 0.5) is 0 Å². The monoisotopic (exact) mass is 205 g/mol. The molecule has 0 bridgehead atoms. The molecule has 0 radical (unpaired) electrons. The van der Waals surface area contributed by atoms with E-state index in [9.17, 15) is 20.1 Å². The molecular weight excluding hydrogens is 190 g/mol. The van der Waals surface area contributed by atoms with Gasteiger partial charge in [-0.1, -0.05) is 6.92 Å². The van der Waals surface area contributed by atoms with Crippen LogP contribution in [0.15, 0.2) is 0 Å². The van der Waals surface area contributed by atoms with Crippen molar-refractivity contribution in [3.63, 3.8) is 0 Å². The second kappa shape index (κ2) is 4.70. The molecule has 0 saturated carbocycles. The molecule has 1 amide bonds. The number of aliphatic hydroxyl groups is 3. The van der Waals surface area contributed by atoms with Crippen molar-refractivity contribution in [2.24, 2.45) is 0 Å². The lowest BCUT2D eigenvalue weighted by Crippen LogP contribution is -2.60. The molecule has 1 saturated heterocycles. The molecule has 6 nitrogen and oxygen atoms in total. The Labute approximate surface area is 81.5 Å². The molecule has 1 fully saturated rings. The minimum Gasteiger partial charge on any atom is -0.388 e. The summed E-state index contributed by atoms with van der Waals surface area (Å²) < 4.78 is 4.75. The molecule has 1 heterocycles. The van der Waals surface area contributed by atoms with Gasteiger partial charge in [-0.25, -0.2) is 0 Å². The summed E-state index contributed by atoms with van der Waals surface area (Å²) in [6.07, 6.45) is -3.31. The summed E-state index contributed by atoms with van der Waals surface area (Å²) in [7, 11) is 0. The van der Waals surface area contributed by atoms with Crippen molar-refractivity contribution in [1.82, 2.24) is 5.32 Å². The first-order valence-electron chi connectivity index (χ1n) is 4.51. The van der Waals surface area contributed by atoms with Gasteiger partial charge < -0.3 is 25.4 Å². The van der Waals surface area contributed by atoms with Crippen LogP contribution in [-0.4, -0.2) is 52.4 Å². The Balaban J connectivity index is 2.58. The molecule has 0 aromatic rings. The lowest BCUT2D eigenvalue weighted by Gasteiger charge is -2.35. The molecule has 0 spiro atoms. The Morgan fingerprint density at radius 2 is 2.14 bits per heavy atom. The van der Waals surface area contributed by atoms with E-state index >= 15 is 0 Å². The summed E-state index contributed by atoms with van der Waals surface area (Å²) in [6.45, 7) is 1.51. The number of hydrogen-bond acceptors (Lipinski definition) is 5. The van der Waals surface area contributed by atoms with Crippen LogP contribution in [0.1, 0.15) is 13.3 Å². The molecule has 0 unspecified atom stereocenters. The van der Waals surface area contributed by atoms with Crippen LogP contribution in [0.2, 0.25) is 0 Å². The quantitative estimate of drug-likeness (QED) is 0.416. The Morgan fingerprint density at radius 3 is 2.71 bits per heavy atom. The van der Waals surface area contributed by atoms with Gasteiger partial charge >= 0.3 is 0 Å². The van der Waals surface area contributed by atoms with Crippen LogP contribution < -0.4 is 5.32 Å². The third kappa shape index (κ3) is 2.42. The summed E-state index contributed by atoms with van der Waals surface area (Å²) in [5.74, 6) is -0.314. The fourth-order valence-corrected chi connectivity index (χ4v) is 1.25. The van der Waals surface area contributed by atoms with Crippen molar-refractivity contribution >= 4 is 5.91 Å². The normalized spacial score (nSPS) is 38.0. The van der Waals surface area contributed by atoms with Gasteiger partial charge in [-0.15, -0.1) is 0 Å². The predicted molar refractivity (Wildman–Crippen MR) is 46.2 cm³/mol. The molecule has 82 valence electrons. The molecule has 6 heteroatoms. The van der Waals surface area contributed by atoms with Crippen LogP contribution in [0, 0.1) is 0 Å². The highest BCUT2D eigenvalue weighted by atomic mass is 16.6. The standard InChI is InChI=1S/C8H15NO5/c1-2-5(11)9-6-7(12)4(10)3-14-8(6)13/h4,6-8,10,12-13H,2-3H2,1H3,(H,9,11)/t4-,6-,7+,8-/m0/s1. The van der Waals surface area contributed by atoms with Crippen LogP contribution >= 0.6 is 0 Å². The topological polar surface area (TPSA) is 99.0 Å². The summed E-state index contributed by atoms with van der Waals surface area (Å²) >= 11 is 0. The van der Waals surface area contributed by atoms with Gasteiger partial charge in [-0.2, -0.15) is 0 Å². The molecular formula is C8H15NO5. The second-order valence-electron chi connectivity index (χ2n) is 3.23. The van der Waals surface area contributed by atoms with Crippen molar-refractivity contribution < 1.29 is 24.9 Å². The minimum absolute atomic E-state index is 0.138. The van der Waals surface area contributed by atoms with Gasteiger partial charge in [-0.3, -0.25) is 4.79 Å². The SMILES string of the molecule is CCC(=O)N[C@H]1[C@H](O)[C@@H](O)CO[C@@H]1O. The number of aliphatic hydroxyl groups excluding tert-OH is 3. The number of carbonyl (C=O) groups excluding carboxylic acids is 1. The average Bonchev–Trinajstić information content (AvgIpc) is 2.18. The Morgan fingerprint density at radius 1 is 1.50 bits per heavy atom. The van der Waals surface area contributed by atoms with E-state index < -0.39 is 24.5 Å². The van der Waals surface area contributed by atoms with Gasteiger partial charge in [0.15, 0.2) is 6.29 Å². The number of nitrogens with one attached hydrogen (secondary N) is 1. The zero-order valence-corrected chi connectivity index (χ0v) is 7.88. The first-order valence-corrected chi connectivity index (χ1v) is 4.51. The van der Waals surface area contributed by atoms with Gasteiger partial charge in [0.25, 0.3) is 0 Å².